The molecule has 1 heterocycles. The first kappa shape index (κ1) is 16.1. The molecule has 0 aliphatic carbocycles. The summed E-state index contributed by atoms with van der Waals surface area (Å²) < 4.78 is 32.3. The van der Waals surface area contributed by atoms with Crippen LogP contribution >= 0.6 is 0 Å². The van der Waals surface area contributed by atoms with Crippen LogP contribution in [0.25, 0.3) is 0 Å². The lowest BCUT2D eigenvalue weighted by atomic mass is 10.5. The van der Waals surface area contributed by atoms with Gasteiger partial charge in [0.1, 0.15) is 4.90 Å². The lowest BCUT2D eigenvalue weighted by Crippen LogP contribution is -2.28. The van der Waals surface area contributed by atoms with Gasteiger partial charge in [0.25, 0.3) is 0 Å². The Labute approximate surface area is 114 Å². The molecule has 0 unspecified atom stereocenters. The van der Waals surface area contributed by atoms with E-state index in [-0.39, 0.29) is 4.90 Å². The Morgan fingerprint density at radius 2 is 2.26 bits per heavy atom. The van der Waals surface area contributed by atoms with E-state index in [0.717, 1.165) is 6.54 Å². The van der Waals surface area contributed by atoms with E-state index in [1.807, 2.05) is 7.05 Å². The summed E-state index contributed by atoms with van der Waals surface area (Å²) in [5.41, 5.74) is 0. The quantitative estimate of drug-likeness (QED) is 0.635. The SMILES string of the molecule is CNCCn1cc(S(=O)(=O)N(C)CCCOC)cn1. The average Bonchev–Trinajstić information content (AvgIpc) is 2.85. The molecule has 8 heteroatoms. The van der Waals surface area contributed by atoms with Gasteiger partial charge in [-0.15, -0.1) is 0 Å². The van der Waals surface area contributed by atoms with Gasteiger partial charge in [-0.05, 0) is 13.5 Å². The van der Waals surface area contributed by atoms with Gasteiger partial charge >= 0.3 is 0 Å². The molecule has 0 amide bonds. The van der Waals surface area contributed by atoms with E-state index in [0.29, 0.717) is 26.1 Å². The summed E-state index contributed by atoms with van der Waals surface area (Å²) in [6.45, 7) is 2.35. The van der Waals surface area contributed by atoms with Crippen molar-refractivity contribution in [3.8, 4) is 0 Å². The molecular formula is C11H22N4O3S. The molecule has 0 aliphatic rings. The molecule has 0 bridgehead atoms. The number of hydrogen-bond acceptors (Lipinski definition) is 5. The topological polar surface area (TPSA) is 76.5 Å². The lowest BCUT2D eigenvalue weighted by Gasteiger charge is -2.15. The zero-order valence-corrected chi connectivity index (χ0v) is 12.5. The van der Waals surface area contributed by atoms with Crippen LogP contribution in [-0.2, 0) is 21.3 Å². The monoisotopic (exact) mass is 290 g/mol. The number of hydrogen-bond donors (Lipinski definition) is 1. The molecular weight excluding hydrogens is 268 g/mol. The van der Waals surface area contributed by atoms with Crippen molar-refractivity contribution in [3.05, 3.63) is 12.4 Å². The largest absolute Gasteiger partial charge is 0.385 e. The van der Waals surface area contributed by atoms with Crippen LogP contribution in [-0.4, -0.2) is 63.4 Å². The van der Waals surface area contributed by atoms with E-state index < -0.39 is 10.0 Å². The molecule has 0 fully saturated rings. The molecule has 1 aromatic heterocycles. The minimum absolute atomic E-state index is 0.225. The predicted octanol–water partition coefficient (Wildman–Crippen LogP) is -0.240. The number of likely N-dealkylation sites (N-methyl/N-ethyl adjacent to an activating group) is 1. The molecule has 110 valence electrons. The third-order valence-electron chi connectivity index (χ3n) is 2.73. The molecule has 1 rings (SSSR count). The molecule has 1 aromatic rings. The first-order valence-corrected chi connectivity index (χ1v) is 7.58. The summed E-state index contributed by atoms with van der Waals surface area (Å²) in [7, 11) is 1.55. The van der Waals surface area contributed by atoms with Gasteiger partial charge in [0.2, 0.25) is 10.0 Å². The second-order valence-electron chi connectivity index (χ2n) is 4.22. The maximum absolute atomic E-state index is 12.2. The summed E-state index contributed by atoms with van der Waals surface area (Å²) in [5.74, 6) is 0. The van der Waals surface area contributed by atoms with Crippen LogP contribution < -0.4 is 5.32 Å². The van der Waals surface area contributed by atoms with E-state index in [4.69, 9.17) is 4.74 Å². The fraction of sp³-hybridized carbons (Fsp3) is 0.727. The van der Waals surface area contributed by atoms with Crippen LogP contribution in [0, 0.1) is 0 Å². The van der Waals surface area contributed by atoms with Crippen molar-refractivity contribution in [2.24, 2.45) is 0 Å². The zero-order chi connectivity index (χ0) is 14.3. The highest BCUT2D eigenvalue weighted by molar-refractivity contribution is 7.89. The molecule has 7 nitrogen and oxygen atoms in total. The average molecular weight is 290 g/mol. The number of ether oxygens (including phenoxy) is 1. The molecule has 0 aliphatic heterocycles. The summed E-state index contributed by atoms with van der Waals surface area (Å²) in [6.07, 6.45) is 3.61. The maximum atomic E-state index is 12.2. The van der Waals surface area contributed by atoms with Crippen molar-refractivity contribution >= 4 is 10.0 Å². The van der Waals surface area contributed by atoms with Gasteiger partial charge in [0.05, 0.1) is 12.7 Å². The van der Waals surface area contributed by atoms with E-state index in [9.17, 15) is 8.42 Å². The van der Waals surface area contributed by atoms with Crippen LogP contribution in [0.15, 0.2) is 17.3 Å². The maximum Gasteiger partial charge on any atom is 0.245 e. The summed E-state index contributed by atoms with van der Waals surface area (Å²) >= 11 is 0. The van der Waals surface area contributed by atoms with E-state index >= 15 is 0 Å². The van der Waals surface area contributed by atoms with Crippen molar-refractivity contribution in [2.75, 3.05) is 40.9 Å². The number of nitrogens with zero attached hydrogens (tertiary/aromatic N) is 3. The standard InChI is InChI=1S/C11H22N4O3S/c1-12-5-7-15-10-11(9-13-15)19(16,17)14(2)6-4-8-18-3/h9-10,12H,4-8H2,1-3H3. The van der Waals surface area contributed by atoms with Crippen molar-refractivity contribution in [1.82, 2.24) is 19.4 Å². The molecule has 0 radical (unpaired) electrons. The van der Waals surface area contributed by atoms with Crippen molar-refractivity contribution in [2.45, 2.75) is 17.9 Å². The zero-order valence-electron chi connectivity index (χ0n) is 11.7. The molecule has 0 saturated carbocycles. The van der Waals surface area contributed by atoms with Gasteiger partial charge in [0.15, 0.2) is 0 Å². The van der Waals surface area contributed by atoms with E-state index in [1.54, 1.807) is 25.0 Å². The van der Waals surface area contributed by atoms with Gasteiger partial charge in [-0.25, -0.2) is 12.7 Å². The van der Waals surface area contributed by atoms with Gasteiger partial charge in [-0.2, -0.15) is 5.10 Å². The highest BCUT2D eigenvalue weighted by Gasteiger charge is 2.22. The third kappa shape index (κ3) is 4.57. The summed E-state index contributed by atoms with van der Waals surface area (Å²) in [4.78, 5) is 0.225. The molecule has 0 atom stereocenters. The smallest absolute Gasteiger partial charge is 0.245 e. The summed E-state index contributed by atoms with van der Waals surface area (Å²) in [6, 6.07) is 0. The minimum Gasteiger partial charge on any atom is -0.385 e. The minimum atomic E-state index is -3.45. The molecule has 0 saturated heterocycles. The molecule has 0 aromatic carbocycles. The van der Waals surface area contributed by atoms with Crippen LogP contribution in [0.1, 0.15) is 6.42 Å². The summed E-state index contributed by atoms with van der Waals surface area (Å²) in [5, 5.41) is 7.03. The Bertz CT molecular complexity index is 472. The fourth-order valence-electron chi connectivity index (χ4n) is 1.56. The second-order valence-corrected chi connectivity index (χ2v) is 6.26. The normalized spacial score (nSPS) is 12.2. The first-order chi connectivity index (χ1) is 9.02. The molecule has 1 N–H and O–H groups in total. The van der Waals surface area contributed by atoms with Crippen molar-refractivity contribution in [1.29, 1.82) is 0 Å². The Balaban J connectivity index is 2.68. The van der Waals surface area contributed by atoms with Gasteiger partial charge in [-0.1, -0.05) is 0 Å². The number of sulfonamides is 1. The number of nitrogens with one attached hydrogen (secondary N) is 1. The number of rotatable bonds is 9. The van der Waals surface area contributed by atoms with E-state index in [2.05, 4.69) is 10.4 Å². The fourth-order valence-corrected chi connectivity index (χ4v) is 2.72. The van der Waals surface area contributed by atoms with Crippen LogP contribution in [0.4, 0.5) is 0 Å². The Kier molecular flexibility index (Phi) is 6.43. The molecule has 0 spiro atoms. The van der Waals surface area contributed by atoms with Crippen LogP contribution in [0.2, 0.25) is 0 Å². The number of aromatic nitrogens is 2. The van der Waals surface area contributed by atoms with Crippen molar-refractivity contribution < 1.29 is 13.2 Å². The Morgan fingerprint density at radius 3 is 2.89 bits per heavy atom. The van der Waals surface area contributed by atoms with E-state index in [1.165, 1.54) is 10.5 Å². The number of methoxy groups -OCH3 is 1. The van der Waals surface area contributed by atoms with Crippen LogP contribution in [0.5, 0.6) is 0 Å². The van der Waals surface area contributed by atoms with Gasteiger partial charge in [-0.3, -0.25) is 4.68 Å². The first-order valence-electron chi connectivity index (χ1n) is 6.14. The third-order valence-corrected chi connectivity index (χ3v) is 4.54. The predicted molar refractivity (Wildman–Crippen MR) is 72.5 cm³/mol. The van der Waals surface area contributed by atoms with Crippen LogP contribution in [0.3, 0.4) is 0 Å². The van der Waals surface area contributed by atoms with Gasteiger partial charge in [0, 0.05) is 40.1 Å². The molecule has 19 heavy (non-hydrogen) atoms. The lowest BCUT2D eigenvalue weighted by molar-refractivity contribution is 0.189. The highest BCUT2D eigenvalue weighted by atomic mass is 32.2. The highest BCUT2D eigenvalue weighted by Crippen LogP contribution is 2.13. The van der Waals surface area contributed by atoms with Crippen molar-refractivity contribution in [3.63, 3.8) is 0 Å². The Morgan fingerprint density at radius 1 is 1.53 bits per heavy atom. The Hall–Kier alpha value is -0.960. The van der Waals surface area contributed by atoms with Gasteiger partial charge < -0.3 is 10.1 Å². The second kappa shape index (κ2) is 7.59.